The van der Waals surface area contributed by atoms with Crippen LogP contribution in [-0.4, -0.2) is 29.7 Å². The van der Waals surface area contributed by atoms with Gasteiger partial charge in [-0.15, -0.1) is 0 Å². The molecule has 0 bridgehead atoms. The molecular weight excluding hydrogens is 358 g/mol. The maximum absolute atomic E-state index is 12.5. The van der Waals surface area contributed by atoms with Gasteiger partial charge in [0, 0.05) is 18.5 Å². The van der Waals surface area contributed by atoms with E-state index in [1.54, 1.807) is 24.3 Å². The fourth-order valence-electron chi connectivity index (χ4n) is 3.00. The summed E-state index contributed by atoms with van der Waals surface area (Å²) < 4.78 is 10.6. The lowest BCUT2D eigenvalue weighted by molar-refractivity contribution is -0.139. The number of ether oxygens (including phenoxy) is 2. The van der Waals surface area contributed by atoms with Gasteiger partial charge in [-0.25, -0.2) is 0 Å². The van der Waals surface area contributed by atoms with E-state index in [0.717, 1.165) is 11.1 Å². The number of carbonyl (C=O) groups is 2. The van der Waals surface area contributed by atoms with Gasteiger partial charge in [-0.05, 0) is 28.7 Å². The molecule has 0 radical (unpaired) electrons. The first-order valence-electron chi connectivity index (χ1n) is 9.22. The molecule has 1 aliphatic heterocycles. The Kier molecular flexibility index (Phi) is 5.70. The van der Waals surface area contributed by atoms with Gasteiger partial charge >= 0.3 is 5.97 Å². The van der Waals surface area contributed by atoms with Crippen molar-refractivity contribution in [2.24, 2.45) is 0 Å². The van der Waals surface area contributed by atoms with Crippen LogP contribution in [0.2, 0.25) is 0 Å². The second-order valence-corrected chi connectivity index (χ2v) is 7.91. The maximum atomic E-state index is 12.5. The third kappa shape index (κ3) is 4.70. The molecule has 1 heterocycles. The highest BCUT2D eigenvalue weighted by atomic mass is 16.7. The molecule has 0 saturated heterocycles. The van der Waals surface area contributed by atoms with Crippen molar-refractivity contribution in [1.82, 2.24) is 5.32 Å². The van der Waals surface area contributed by atoms with Crippen molar-refractivity contribution in [2.75, 3.05) is 6.79 Å². The number of nitrogens with one attached hydrogen (secondary N) is 1. The lowest BCUT2D eigenvalue weighted by Gasteiger charge is -2.19. The molecule has 1 aliphatic rings. The summed E-state index contributed by atoms with van der Waals surface area (Å²) >= 11 is 0. The number of carboxylic acids is 1. The Morgan fingerprint density at radius 2 is 1.75 bits per heavy atom. The number of Topliss-reactive ketones (excluding diaryl/α,β-unsaturated/α-hetero) is 1. The molecule has 2 aromatic carbocycles. The number of hydrogen-bond acceptors (Lipinski definition) is 5. The highest BCUT2D eigenvalue weighted by Gasteiger charge is 2.23. The van der Waals surface area contributed by atoms with Crippen LogP contribution in [0.5, 0.6) is 11.5 Å². The quantitative estimate of drug-likeness (QED) is 0.712. The molecule has 0 spiro atoms. The van der Waals surface area contributed by atoms with Gasteiger partial charge in [-0.1, -0.05) is 51.1 Å². The van der Waals surface area contributed by atoms with Crippen LogP contribution in [0, 0.1) is 0 Å². The largest absolute Gasteiger partial charge is 0.480 e. The van der Waals surface area contributed by atoms with E-state index in [9.17, 15) is 14.7 Å². The Morgan fingerprint density at radius 1 is 1.07 bits per heavy atom. The molecule has 6 heteroatoms. The van der Waals surface area contributed by atoms with Gasteiger partial charge in [0.2, 0.25) is 6.79 Å². The smallest absolute Gasteiger partial charge is 0.321 e. The minimum Gasteiger partial charge on any atom is -0.480 e. The van der Waals surface area contributed by atoms with Crippen LogP contribution < -0.4 is 14.8 Å². The number of carbonyl (C=O) groups excluding carboxylic acids is 1. The van der Waals surface area contributed by atoms with Crippen molar-refractivity contribution >= 4 is 11.8 Å². The number of aliphatic carboxylic acids is 1. The summed E-state index contributed by atoms with van der Waals surface area (Å²) in [6, 6.07) is 11.8. The van der Waals surface area contributed by atoms with Crippen LogP contribution in [-0.2, 0) is 16.8 Å². The topological polar surface area (TPSA) is 84.9 Å². The van der Waals surface area contributed by atoms with Gasteiger partial charge in [0.1, 0.15) is 6.04 Å². The molecule has 2 N–H and O–H groups in total. The van der Waals surface area contributed by atoms with Crippen molar-refractivity contribution in [3.63, 3.8) is 0 Å². The van der Waals surface area contributed by atoms with Gasteiger partial charge in [0.15, 0.2) is 17.3 Å². The summed E-state index contributed by atoms with van der Waals surface area (Å²) in [6.45, 7) is 6.80. The van der Waals surface area contributed by atoms with Crippen LogP contribution in [0.3, 0.4) is 0 Å². The van der Waals surface area contributed by atoms with E-state index >= 15 is 0 Å². The molecular formula is C22H25NO5. The second kappa shape index (κ2) is 8.02. The van der Waals surface area contributed by atoms with Gasteiger partial charge in [-0.3, -0.25) is 14.9 Å². The third-order valence-electron chi connectivity index (χ3n) is 4.75. The number of fused-ring (bicyclic) bond motifs is 1. The normalized spacial score (nSPS) is 14.0. The molecule has 0 aromatic heterocycles. The monoisotopic (exact) mass is 383 g/mol. The van der Waals surface area contributed by atoms with Gasteiger partial charge in [0.05, 0.1) is 0 Å². The predicted octanol–water partition coefficient (Wildman–Crippen LogP) is 3.53. The zero-order valence-electron chi connectivity index (χ0n) is 16.3. The minimum absolute atomic E-state index is 0.00263. The van der Waals surface area contributed by atoms with Crippen LogP contribution >= 0.6 is 0 Å². The van der Waals surface area contributed by atoms with Crippen molar-refractivity contribution in [3.05, 3.63) is 59.2 Å². The molecule has 3 rings (SSSR count). The number of benzene rings is 2. The third-order valence-corrected chi connectivity index (χ3v) is 4.75. The van der Waals surface area contributed by atoms with Crippen molar-refractivity contribution in [3.8, 4) is 11.5 Å². The standard InChI is InChI=1S/C22H25NO5/c1-22(2,3)16-7-5-15(6-8-16)18(24)11-17(21(25)26)23-12-14-4-9-19-20(10-14)28-13-27-19/h4-10,17,23H,11-13H2,1-3H3,(H,25,26). The highest BCUT2D eigenvalue weighted by Crippen LogP contribution is 2.32. The van der Waals surface area contributed by atoms with E-state index < -0.39 is 12.0 Å². The van der Waals surface area contributed by atoms with Crippen LogP contribution in [0.25, 0.3) is 0 Å². The Hall–Kier alpha value is -2.86. The zero-order valence-corrected chi connectivity index (χ0v) is 16.3. The zero-order chi connectivity index (χ0) is 20.3. The van der Waals surface area contributed by atoms with Crippen LogP contribution in [0.1, 0.15) is 48.7 Å². The fraction of sp³-hybridized carbons (Fsp3) is 0.364. The number of ketones is 1. The summed E-state index contributed by atoms with van der Waals surface area (Å²) in [5.41, 5.74) is 2.50. The molecule has 28 heavy (non-hydrogen) atoms. The molecule has 2 aromatic rings. The number of carboxylic acid groups (broad SMARTS) is 1. The number of rotatable bonds is 7. The molecule has 0 saturated carbocycles. The first-order chi connectivity index (χ1) is 13.2. The maximum Gasteiger partial charge on any atom is 0.321 e. The van der Waals surface area contributed by atoms with Gasteiger partial charge in [0.25, 0.3) is 0 Å². The van der Waals surface area contributed by atoms with Crippen molar-refractivity contribution in [2.45, 2.75) is 45.2 Å². The predicted molar refractivity (Wildman–Crippen MR) is 105 cm³/mol. The molecule has 0 amide bonds. The lowest BCUT2D eigenvalue weighted by atomic mass is 9.86. The van der Waals surface area contributed by atoms with Crippen LogP contribution in [0.15, 0.2) is 42.5 Å². The summed E-state index contributed by atoms with van der Waals surface area (Å²) in [6.07, 6.45) is -0.116. The van der Waals surface area contributed by atoms with Gasteiger partial charge < -0.3 is 14.6 Å². The van der Waals surface area contributed by atoms with E-state index in [2.05, 4.69) is 26.1 Å². The highest BCUT2D eigenvalue weighted by molar-refractivity contribution is 5.98. The van der Waals surface area contributed by atoms with E-state index in [4.69, 9.17) is 9.47 Å². The van der Waals surface area contributed by atoms with E-state index in [1.165, 1.54) is 0 Å². The molecule has 1 atom stereocenters. The Morgan fingerprint density at radius 3 is 2.39 bits per heavy atom. The Bertz CT molecular complexity index is 867. The molecule has 148 valence electrons. The first kappa shape index (κ1) is 19.9. The minimum atomic E-state index is -1.06. The molecule has 1 unspecified atom stereocenters. The first-order valence-corrected chi connectivity index (χ1v) is 9.22. The summed E-state index contributed by atoms with van der Waals surface area (Å²) in [5.74, 6) is 0.0556. The summed E-state index contributed by atoms with van der Waals surface area (Å²) in [4.78, 5) is 24.1. The summed E-state index contributed by atoms with van der Waals surface area (Å²) in [5, 5.41) is 12.4. The SMILES string of the molecule is CC(C)(C)c1ccc(C(=O)CC(NCc2ccc3c(c2)OCO3)C(=O)O)cc1. The molecule has 6 nitrogen and oxygen atoms in total. The van der Waals surface area contributed by atoms with Crippen LogP contribution in [0.4, 0.5) is 0 Å². The van der Waals surface area contributed by atoms with Crippen molar-refractivity contribution < 1.29 is 24.2 Å². The number of hydrogen-bond donors (Lipinski definition) is 2. The second-order valence-electron chi connectivity index (χ2n) is 7.91. The average Bonchev–Trinajstić information content (AvgIpc) is 3.12. The van der Waals surface area contributed by atoms with Gasteiger partial charge in [-0.2, -0.15) is 0 Å². The average molecular weight is 383 g/mol. The Labute approximate surface area is 164 Å². The lowest BCUT2D eigenvalue weighted by Crippen LogP contribution is -2.38. The summed E-state index contributed by atoms with van der Waals surface area (Å²) in [7, 11) is 0. The van der Waals surface area contributed by atoms with E-state index in [1.807, 2.05) is 18.2 Å². The molecule has 0 aliphatic carbocycles. The van der Waals surface area contributed by atoms with E-state index in [-0.39, 0.29) is 24.4 Å². The van der Waals surface area contributed by atoms with E-state index in [0.29, 0.717) is 23.6 Å². The fourth-order valence-corrected chi connectivity index (χ4v) is 3.00. The van der Waals surface area contributed by atoms with Crippen molar-refractivity contribution in [1.29, 1.82) is 0 Å². The molecule has 0 fully saturated rings. The Balaban J connectivity index is 1.62.